The molecule has 1 spiro atoms. The Kier molecular flexibility index (Phi) is 6.78. The van der Waals surface area contributed by atoms with Gasteiger partial charge >= 0.3 is 18.4 Å². The molecule has 2 fully saturated rings. The van der Waals surface area contributed by atoms with Crippen LogP contribution in [0, 0.1) is 0 Å². The zero-order valence-corrected chi connectivity index (χ0v) is 20.0. The highest BCUT2D eigenvalue weighted by Crippen LogP contribution is 2.41. The molecule has 0 bridgehead atoms. The van der Waals surface area contributed by atoms with Crippen LogP contribution in [-0.4, -0.2) is 42.6 Å². The average molecular weight is 529 g/mol. The number of rotatable bonds is 5. The average Bonchev–Trinajstić information content (AvgIpc) is 3.06. The van der Waals surface area contributed by atoms with Gasteiger partial charge in [-0.3, -0.25) is 10.1 Å². The molecule has 2 heterocycles. The molecule has 4 rings (SSSR count). The largest absolute Gasteiger partial charge is 0.416 e. The van der Waals surface area contributed by atoms with Crippen LogP contribution in [0.25, 0.3) is 0 Å². The van der Waals surface area contributed by atoms with Crippen molar-refractivity contribution in [2.45, 2.75) is 49.3 Å². The number of carbonyl (C=O) groups excluding carboxylic acids is 2. The molecule has 2 aliphatic heterocycles. The lowest BCUT2D eigenvalue weighted by molar-refractivity contribution is -0.143. The van der Waals surface area contributed by atoms with Gasteiger partial charge in [0.15, 0.2) is 0 Å². The topological polar surface area (TPSA) is 70.7 Å². The van der Waals surface area contributed by atoms with Gasteiger partial charge in [-0.2, -0.15) is 26.3 Å². The molecule has 2 aromatic rings. The van der Waals surface area contributed by atoms with Gasteiger partial charge in [0, 0.05) is 13.6 Å². The van der Waals surface area contributed by atoms with Crippen molar-refractivity contribution in [3.8, 4) is 0 Å². The summed E-state index contributed by atoms with van der Waals surface area (Å²) in [5.41, 5.74) is -4.33. The number of benzene rings is 2. The Labute approximate surface area is 209 Å². The van der Waals surface area contributed by atoms with Gasteiger partial charge in [-0.15, -0.1) is 0 Å². The molecular weight excluding hydrogens is 504 g/mol. The van der Waals surface area contributed by atoms with Gasteiger partial charge in [0.25, 0.3) is 5.91 Å². The fraction of sp³-hybridized carbons (Fsp3) is 0.440. The summed E-state index contributed by atoms with van der Waals surface area (Å²) in [5, 5.41) is 5.60. The van der Waals surface area contributed by atoms with E-state index in [-0.39, 0.29) is 31.2 Å². The fourth-order valence-electron chi connectivity index (χ4n) is 4.82. The molecule has 2 aliphatic rings. The number of hydrogen-bond acceptors (Lipinski definition) is 4. The van der Waals surface area contributed by atoms with Gasteiger partial charge < -0.3 is 15.0 Å². The molecule has 2 saturated heterocycles. The van der Waals surface area contributed by atoms with E-state index in [1.165, 1.54) is 18.9 Å². The minimum atomic E-state index is -4.97. The quantitative estimate of drug-likeness (QED) is 0.423. The second kappa shape index (κ2) is 9.32. The SMILES string of the molecule is C[C@@H](OC[C@@]1(c2ccccc2)CCC2(CN1)C(=O)NC(=O)N2C)c1cc(C(F)(F)F)cc(C(F)(F)F)c1. The van der Waals surface area contributed by atoms with Crippen LogP contribution in [0.3, 0.4) is 0 Å². The molecule has 6 nitrogen and oxygen atoms in total. The van der Waals surface area contributed by atoms with E-state index < -0.39 is 52.6 Å². The molecule has 2 N–H and O–H groups in total. The van der Waals surface area contributed by atoms with Gasteiger partial charge in [0.1, 0.15) is 5.54 Å². The maximum Gasteiger partial charge on any atom is 0.416 e. The van der Waals surface area contributed by atoms with Gasteiger partial charge in [-0.25, -0.2) is 4.79 Å². The van der Waals surface area contributed by atoms with E-state index in [0.29, 0.717) is 18.6 Å². The van der Waals surface area contributed by atoms with Gasteiger partial charge in [-0.05, 0) is 49.1 Å². The molecule has 0 radical (unpaired) electrons. The van der Waals surface area contributed by atoms with E-state index in [4.69, 9.17) is 4.74 Å². The van der Waals surface area contributed by atoms with Crippen molar-refractivity contribution in [3.05, 3.63) is 70.8 Å². The molecule has 3 atom stereocenters. The highest BCUT2D eigenvalue weighted by Gasteiger charge is 2.55. The lowest BCUT2D eigenvalue weighted by Gasteiger charge is -2.47. The van der Waals surface area contributed by atoms with Crippen LogP contribution in [0.2, 0.25) is 0 Å². The second-order valence-corrected chi connectivity index (χ2v) is 9.44. The normalized spacial score (nSPS) is 25.5. The first-order chi connectivity index (χ1) is 17.2. The highest BCUT2D eigenvalue weighted by molar-refractivity contribution is 6.07. The third kappa shape index (κ3) is 5.04. The van der Waals surface area contributed by atoms with Gasteiger partial charge in [-0.1, -0.05) is 30.3 Å². The van der Waals surface area contributed by atoms with Crippen molar-refractivity contribution in [2.75, 3.05) is 20.2 Å². The molecule has 0 aromatic heterocycles. The number of urea groups is 1. The number of imide groups is 1. The summed E-state index contributed by atoms with van der Waals surface area (Å²) in [5.74, 6) is -0.438. The highest BCUT2D eigenvalue weighted by atomic mass is 19.4. The Hall–Kier alpha value is -3.12. The fourth-order valence-corrected chi connectivity index (χ4v) is 4.82. The number of ether oxygens (including phenoxy) is 1. The van der Waals surface area contributed by atoms with Crippen LogP contribution in [0.15, 0.2) is 48.5 Å². The minimum absolute atomic E-state index is 0.0776. The summed E-state index contributed by atoms with van der Waals surface area (Å²) >= 11 is 0. The molecule has 200 valence electrons. The molecule has 37 heavy (non-hydrogen) atoms. The molecule has 2 aromatic carbocycles. The van der Waals surface area contributed by atoms with Crippen LogP contribution in [0.4, 0.5) is 31.1 Å². The monoisotopic (exact) mass is 529 g/mol. The Morgan fingerprint density at radius 2 is 1.57 bits per heavy atom. The van der Waals surface area contributed by atoms with E-state index in [9.17, 15) is 35.9 Å². The third-order valence-corrected chi connectivity index (χ3v) is 7.26. The predicted octanol–water partition coefficient (Wildman–Crippen LogP) is 5.00. The molecular formula is C25H25F6N3O3. The van der Waals surface area contributed by atoms with Crippen molar-refractivity contribution in [3.63, 3.8) is 0 Å². The number of carbonyl (C=O) groups is 2. The Morgan fingerprint density at radius 1 is 0.973 bits per heavy atom. The summed E-state index contributed by atoms with van der Waals surface area (Å²) in [4.78, 5) is 25.9. The van der Waals surface area contributed by atoms with E-state index in [2.05, 4.69) is 10.6 Å². The molecule has 1 unspecified atom stereocenters. The number of halogens is 6. The van der Waals surface area contributed by atoms with E-state index in [0.717, 1.165) is 5.56 Å². The lowest BCUT2D eigenvalue weighted by Crippen LogP contribution is -2.64. The summed E-state index contributed by atoms with van der Waals surface area (Å²) < 4.78 is 85.8. The number of hydrogen-bond donors (Lipinski definition) is 2. The van der Waals surface area contributed by atoms with Crippen LogP contribution < -0.4 is 10.6 Å². The Balaban J connectivity index is 1.61. The summed E-state index contributed by atoms with van der Waals surface area (Å²) in [6.45, 7) is 1.36. The maximum absolute atomic E-state index is 13.3. The molecule has 3 amide bonds. The third-order valence-electron chi connectivity index (χ3n) is 7.26. The van der Waals surface area contributed by atoms with Crippen molar-refractivity contribution in [1.29, 1.82) is 0 Å². The van der Waals surface area contributed by atoms with Crippen LogP contribution in [0.1, 0.15) is 48.1 Å². The number of alkyl halides is 6. The number of amides is 3. The van der Waals surface area contributed by atoms with E-state index in [1.807, 2.05) is 12.1 Å². The van der Waals surface area contributed by atoms with Crippen LogP contribution in [0.5, 0.6) is 0 Å². The van der Waals surface area contributed by atoms with Crippen molar-refractivity contribution >= 4 is 11.9 Å². The minimum Gasteiger partial charge on any atom is -0.372 e. The number of nitrogens with one attached hydrogen (secondary N) is 2. The van der Waals surface area contributed by atoms with Crippen molar-refractivity contribution in [1.82, 2.24) is 15.5 Å². The van der Waals surface area contributed by atoms with E-state index in [1.54, 1.807) is 18.2 Å². The summed E-state index contributed by atoms with van der Waals surface area (Å²) in [6, 6.07) is 9.86. The van der Waals surface area contributed by atoms with Crippen LogP contribution >= 0.6 is 0 Å². The first-order valence-electron chi connectivity index (χ1n) is 11.5. The summed E-state index contributed by atoms with van der Waals surface area (Å²) in [6.07, 6.45) is -10.5. The number of piperidine rings is 1. The summed E-state index contributed by atoms with van der Waals surface area (Å²) in [7, 11) is 1.52. The van der Waals surface area contributed by atoms with Crippen molar-refractivity contribution in [2.24, 2.45) is 0 Å². The second-order valence-electron chi connectivity index (χ2n) is 9.44. The van der Waals surface area contributed by atoms with E-state index >= 15 is 0 Å². The zero-order valence-electron chi connectivity index (χ0n) is 20.0. The standard InChI is InChI=1S/C25H25F6N3O3/c1-15(16-10-18(24(26,27)28)12-19(11-16)25(29,30)31)37-14-22(17-6-4-3-5-7-17)8-9-23(13-32-22)20(35)33-21(36)34(23)2/h3-7,10-12,15,32H,8-9,13-14H2,1-2H3,(H,33,35,36)/t15-,22-,23?/m1/s1. The Morgan fingerprint density at radius 3 is 2.03 bits per heavy atom. The van der Waals surface area contributed by atoms with Gasteiger partial charge in [0.2, 0.25) is 0 Å². The van der Waals surface area contributed by atoms with Crippen LogP contribution in [-0.2, 0) is 27.4 Å². The zero-order chi connectivity index (χ0) is 27.2. The first-order valence-corrected chi connectivity index (χ1v) is 11.5. The maximum atomic E-state index is 13.3. The predicted molar refractivity (Wildman–Crippen MR) is 120 cm³/mol. The molecule has 0 saturated carbocycles. The molecule has 0 aliphatic carbocycles. The Bertz CT molecular complexity index is 1140. The molecule has 12 heteroatoms. The first kappa shape index (κ1) is 26.9. The van der Waals surface area contributed by atoms with Gasteiger partial charge in [0.05, 0.1) is 29.4 Å². The van der Waals surface area contributed by atoms with Crippen molar-refractivity contribution < 1.29 is 40.7 Å². The number of nitrogens with zero attached hydrogens (tertiary/aromatic N) is 1. The number of likely N-dealkylation sites (N-methyl/N-ethyl adjacent to an activating group) is 1. The lowest BCUT2D eigenvalue weighted by atomic mass is 9.76. The smallest absolute Gasteiger partial charge is 0.372 e.